The van der Waals surface area contributed by atoms with Crippen LogP contribution >= 0.6 is 0 Å². The molecule has 0 aromatic heterocycles. The van der Waals surface area contributed by atoms with E-state index < -0.39 is 11.9 Å². The first-order valence-corrected chi connectivity index (χ1v) is 6.14. The highest BCUT2D eigenvalue weighted by molar-refractivity contribution is 5.94. The van der Waals surface area contributed by atoms with Gasteiger partial charge in [-0.05, 0) is 20.3 Å². The number of carbonyl (C=O) groups excluding carboxylic acids is 3. The van der Waals surface area contributed by atoms with Crippen molar-refractivity contribution in [3.63, 3.8) is 0 Å². The van der Waals surface area contributed by atoms with Gasteiger partial charge >= 0.3 is 11.9 Å². The van der Waals surface area contributed by atoms with Crippen molar-refractivity contribution >= 4 is 17.8 Å². The summed E-state index contributed by atoms with van der Waals surface area (Å²) in [6.45, 7) is 5.79. The van der Waals surface area contributed by atoms with E-state index in [2.05, 4.69) is 10.1 Å². The van der Waals surface area contributed by atoms with Gasteiger partial charge in [0.05, 0.1) is 19.6 Å². The normalized spacial score (nSPS) is 11.5. The maximum atomic E-state index is 11.5. The van der Waals surface area contributed by atoms with Crippen molar-refractivity contribution in [1.29, 1.82) is 0 Å². The van der Waals surface area contributed by atoms with Gasteiger partial charge in [-0.3, -0.25) is 14.4 Å². The Balaban J connectivity index is 4.07. The quantitative estimate of drug-likeness (QED) is 0.514. The summed E-state index contributed by atoms with van der Waals surface area (Å²) >= 11 is 0. The van der Waals surface area contributed by atoms with E-state index in [0.29, 0.717) is 13.0 Å². The maximum absolute atomic E-state index is 11.5. The first kappa shape index (κ1) is 16.4. The van der Waals surface area contributed by atoms with Crippen LogP contribution in [-0.4, -0.2) is 37.1 Å². The SMILES string of the molecule is CCOC(=O)CC(=O)NC(CC)CC(=O)OCC. The van der Waals surface area contributed by atoms with Crippen LogP contribution in [0.15, 0.2) is 0 Å². The average molecular weight is 259 g/mol. The Hall–Kier alpha value is -1.59. The zero-order valence-electron chi connectivity index (χ0n) is 11.2. The standard InChI is InChI=1S/C12H21NO5/c1-4-9(7-11(15)17-5-2)13-10(14)8-12(16)18-6-3/h9H,4-8H2,1-3H3,(H,13,14). The fourth-order valence-electron chi connectivity index (χ4n) is 1.34. The Bertz CT molecular complexity index is 290. The minimum atomic E-state index is -0.569. The summed E-state index contributed by atoms with van der Waals surface area (Å²) in [7, 11) is 0. The highest BCUT2D eigenvalue weighted by Crippen LogP contribution is 2.01. The van der Waals surface area contributed by atoms with Crippen LogP contribution in [0.1, 0.15) is 40.0 Å². The van der Waals surface area contributed by atoms with E-state index in [0.717, 1.165) is 0 Å². The zero-order valence-corrected chi connectivity index (χ0v) is 11.2. The van der Waals surface area contributed by atoms with E-state index in [1.54, 1.807) is 13.8 Å². The van der Waals surface area contributed by atoms with Gasteiger partial charge in [-0.15, -0.1) is 0 Å². The number of amides is 1. The van der Waals surface area contributed by atoms with E-state index >= 15 is 0 Å². The summed E-state index contributed by atoms with van der Waals surface area (Å²) < 4.78 is 9.45. The number of esters is 2. The molecule has 1 N–H and O–H groups in total. The van der Waals surface area contributed by atoms with Crippen molar-refractivity contribution in [3.05, 3.63) is 0 Å². The van der Waals surface area contributed by atoms with Crippen LogP contribution in [0.2, 0.25) is 0 Å². The fraction of sp³-hybridized carbons (Fsp3) is 0.750. The Kier molecular flexibility index (Phi) is 8.61. The summed E-state index contributed by atoms with van der Waals surface area (Å²) in [5.74, 6) is -1.37. The molecule has 1 amide bonds. The van der Waals surface area contributed by atoms with Crippen LogP contribution in [0.3, 0.4) is 0 Å². The number of ether oxygens (including phenoxy) is 2. The Labute approximate surface area is 107 Å². The molecular weight excluding hydrogens is 238 g/mol. The molecule has 0 saturated carbocycles. The predicted octanol–water partition coefficient (Wildman–Crippen LogP) is 0.788. The molecular formula is C12H21NO5. The monoisotopic (exact) mass is 259 g/mol. The van der Waals surface area contributed by atoms with Crippen LogP contribution in [-0.2, 0) is 23.9 Å². The van der Waals surface area contributed by atoms with Gasteiger partial charge in [-0.25, -0.2) is 0 Å². The molecule has 1 atom stereocenters. The van der Waals surface area contributed by atoms with Gasteiger partial charge in [-0.1, -0.05) is 6.92 Å². The topological polar surface area (TPSA) is 81.7 Å². The molecule has 0 aliphatic rings. The summed E-state index contributed by atoms with van der Waals surface area (Å²) in [6.07, 6.45) is 0.374. The van der Waals surface area contributed by atoms with Crippen LogP contribution in [0.25, 0.3) is 0 Å². The van der Waals surface area contributed by atoms with Crippen molar-refractivity contribution in [2.45, 2.75) is 46.1 Å². The number of rotatable bonds is 8. The van der Waals surface area contributed by atoms with Gasteiger partial charge in [-0.2, -0.15) is 0 Å². The number of nitrogens with one attached hydrogen (secondary N) is 1. The molecule has 0 aliphatic heterocycles. The van der Waals surface area contributed by atoms with Gasteiger partial charge in [0.1, 0.15) is 6.42 Å². The summed E-state index contributed by atoms with van der Waals surface area (Å²) in [6, 6.07) is -0.314. The van der Waals surface area contributed by atoms with Crippen LogP contribution in [0, 0.1) is 0 Å². The number of hydrogen-bond donors (Lipinski definition) is 1. The van der Waals surface area contributed by atoms with Crippen LogP contribution < -0.4 is 5.32 Å². The number of carbonyl (C=O) groups is 3. The lowest BCUT2D eigenvalue weighted by molar-refractivity contribution is -0.146. The molecule has 0 bridgehead atoms. The molecule has 0 radical (unpaired) electrons. The first-order chi connectivity index (χ1) is 8.53. The largest absolute Gasteiger partial charge is 0.466 e. The third-order valence-electron chi connectivity index (χ3n) is 2.19. The highest BCUT2D eigenvalue weighted by Gasteiger charge is 2.17. The van der Waals surface area contributed by atoms with Gasteiger partial charge in [0.25, 0.3) is 0 Å². The van der Waals surface area contributed by atoms with E-state index in [4.69, 9.17) is 4.74 Å². The van der Waals surface area contributed by atoms with Gasteiger partial charge < -0.3 is 14.8 Å². The van der Waals surface area contributed by atoms with Gasteiger partial charge in [0.2, 0.25) is 5.91 Å². The Morgan fingerprint density at radius 2 is 1.56 bits per heavy atom. The van der Waals surface area contributed by atoms with E-state index in [9.17, 15) is 14.4 Å². The molecule has 0 spiro atoms. The third-order valence-corrected chi connectivity index (χ3v) is 2.19. The minimum absolute atomic E-state index is 0.110. The van der Waals surface area contributed by atoms with Gasteiger partial charge in [0, 0.05) is 6.04 Å². The van der Waals surface area contributed by atoms with E-state index in [-0.39, 0.29) is 31.5 Å². The Morgan fingerprint density at radius 1 is 1.00 bits per heavy atom. The smallest absolute Gasteiger partial charge is 0.315 e. The second kappa shape index (κ2) is 9.44. The van der Waals surface area contributed by atoms with E-state index in [1.165, 1.54) is 0 Å². The van der Waals surface area contributed by atoms with Crippen molar-refractivity contribution in [2.24, 2.45) is 0 Å². The van der Waals surface area contributed by atoms with Crippen molar-refractivity contribution < 1.29 is 23.9 Å². The molecule has 0 fully saturated rings. The summed E-state index contributed by atoms with van der Waals surface area (Å²) in [5.41, 5.74) is 0. The lowest BCUT2D eigenvalue weighted by atomic mass is 10.1. The maximum Gasteiger partial charge on any atom is 0.315 e. The molecule has 104 valence electrons. The predicted molar refractivity (Wildman–Crippen MR) is 64.7 cm³/mol. The highest BCUT2D eigenvalue weighted by atomic mass is 16.5. The summed E-state index contributed by atoms with van der Waals surface area (Å²) in [5, 5.41) is 2.60. The lowest BCUT2D eigenvalue weighted by Gasteiger charge is -2.15. The van der Waals surface area contributed by atoms with Gasteiger partial charge in [0.15, 0.2) is 0 Å². The molecule has 0 aliphatic carbocycles. The van der Waals surface area contributed by atoms with Crippen molar-refractivity contribution in [2.75, 3.05) is 13.2 Å². The fourth-order valence-corrected chi connectivity index (χ4v) is 1.34. The molecule has 0 heterocycles. The van der Waals surface area contributed by atoms with Crippen LogP contribution in [0.5, 0.6) is 0 Å². The molecule has 0 aromatic carbocycles. The summed E-state index contributed by atoms with van der Waals surface area (Å²) in [4.78, 5) is 33.8. The Morgan fingerprint density at radius 3 is 2.06 bits per heavy atom. The molecule has 0 rings (SSSR count). The molecule has 1 unspecified atom stereocenters. The second-order valence-corrected chi connectivity index (χ2v) is 3.66. The molecule has 0 aromatic rings. The van der Waals surface area contributed by atoms with Crippen molar-refractivity contribution in [1.82, 2.24) is 5.32 Å². The molecule has 0 saturated heterocycles. The van der Waals surface area contributed by atoms with Crippen molar-refractivity contribution in [3.8, 4) is 0 Å². The second-order valence-electron chi connectivity index (χ2n) is 3.66. The number of hydrogen-bond acceptors (Lipinski definition) is 5. The minimum Gasteiger partial charge on any atom is -0.466 e. The molecule has 6 nitrogen and oxygen atoms in total. The first-order valence-electron chi connectivity index (χ1n) is 6.14. The van der Waals surface area contributed by atoms with Crippen LogP contribution in [0.4, 0.5) is 0 Å². The molecule has 18 heavy (non-hydrogen) atoms. The van der Waals surface area contributed by atoms with E-state index in [1.807, 2.05) is 6.92 Å². The lowest BCUT2D eigenvalue weighted by Crippen LogP contribution is -2.37. The molecule has 6 heteroatoms. The third kappa shape index (κ3) is 7.65. The zero-order chi connectivity index (χ0) is 14.0. The average Bonchev–Trinajstić information content (AvgIpc) is 2.28.